The van der Waals surface area contributed by atoms with Crippen LogP contribution in [0.25, 0.3) is 0 Å². The molecule has 0 saturated heterocycles. The van der Waals surface area contributed by atoms with Gasteiger partial charge >= 0.3 is 0 Å². The van der Waals surface area contributed by atoms with Crippen molar-refractivity contribution in [3.8, 4) is 0 Å². The SMILES string of the molecule is Cc1ccc(NCc2cscn2)cc1Br. The van der Waals surface area contributed by atoms with Crippen molar-refractivity contribution in [2.75, 3.05) is 5.32 Å². The summed E-state index contributed by atoms with van der Waals surface area (Å²) in [7, 11) is 0. The summed E-state index contributed by atoms with van der Waals surface area (Å²) in [6, 6.07) is 6.25. The van der Waals surface area contributed by atoms with Gasteiger partial charge in [-0.15, -0.1) is 11.3 Å². The van der Waals surface area contributed by atoms with Gasteiger partial charge in [0.2, 0.25) is 0 Å². The van der Waals surface area contributed by atoms with E-state index < -0.39 is 0 Å². The molecular formula is C11H11BrN2S. The van der Waals surface area contributed by atoms with Crippen molar-refractivity contribution in [3.05, 3.63) is 44.8 Å². The quantitative estimate of drug-likeness (QED) is 0.926. The van der Waals surface area contributed by atoms with Crippen molar-refractivity contribution in [2.24, 2.45) is 0 Å². The zero-order valence-corrected chi connectivity index (χ0v) is 10.7. The summed E-state index contributed by atoms with van der Waals surface area (Å²) in [6.07, 6.45) is 0. The zero-order valence-electron chi connectivity index (χ0n) is 8.33. The molecule has 1 heterocycles. The van der Waals surface area contributed by atoms with Crippen LogP contribution in [-0.2, 0) is 6.54 Å². The smallest absolute Gasteiger partial charge is 0.0795 e. The lowest BCUT2D eigenvalue weighted by Gasteiger charge is -2.06. The van der Waals surface area contributed by atoms with E-state index in [1.165, 1.54) is 5.56 Å². The molecule has 1 N–H and O–H groups in total. The number of halogens is 1. The van der Waals surface area contributed by atoms with E-state index in [1.54, 1.807) is 11.3 Å². The number of aromatic nitrogens is 1. The topological polar surface area (TPSA) is 24.9 Å². The molecule has 0 saturated carbocycles. The van der Waals surface area contributed by atoms with E-state index in [4.69, 9.17) is 0 Å². The molecule has 0 radical (unpaired) electrons. The van der Waals surface area contributed by atoms with Crippen LogP contribution < -0.4 is 5.32 Å². The fourth-order valence-corrected chi connectivity index (χ4v) is 2.16. The first kappa shape index (κ1) is 10.6. The Labute approximate surface area is 101 Å². The highest BCUT2D eigenvalue weighted by atomic mass is 79.9. The van der Waals surface area contributed by atoms with Gasteiger partial charge in [0.25, 0.3) is 0 Å². The molecule has 2 nitrogen and oxygen atoms in total. The van der Waals surface area contributed by atoms with Crippen molar-refractivity contribution in [1.29, 1.82) is 0 Å². The molecule has 0 amide bonds. The highest BCUT2D eigenvalue weighted by Crippen LogP contribution is 2.20. The molecule has 1 aromatic carbocycles. The molecule has 0 aliphatic heterocycles. The van der Waals surface area contributed by atoms with Gasteiger partial charge in [-0.2, -0.15) is 0 Å². The van der Waals surface area contributed by atoms with Gasteiger partial charge < -0.3 is 5.32 Å². The standard InChI is InChI=1S/C11H11BrN2S/c1-8-2-3-9(4-11(8)12)13-5-10-6-15-7-14-10/h2-4,6-7,13H,5H2,1H3. The Kier molecular flexibility index (Phi) is 3.38. The lowest BCUT2D eigenvalue weighted by atomic mass is 10.2. The molecule has 0 aliphatic rings. The van der Waals surface area contributed by atoms with E-state index in [0.717, 1.165) is 22.4 Å². The van der Waals surface area contributed by atoms with Crippen molar-refractivity contribution in [1.82, 2.24) is 4.98 Å². The number of rotatable bonds is 3. The average molecular weight is 283 g/mol. The molecule has 0 fully saturated rings. The van der Waals surface area contributed by atoms with Crippen LogP contribution in [0.3, 0.4) is 0 Å². The fraction of sp³-hybridized carbons (Fsp3) is 0.182. The van der Waals surface area contributed by atoms with Gasteiger partial charge in [-0.05, 0) is 24.6 Å². The van der Waals surface area contributed by atoms with E-state index in [-0.39, 0.29) is 0 Å². The van der Waals surface area contributed by atoms with Gasteiger partial charge in [-0.25, -0.2) is 4.98 Å². The summed E-state index contributed by atoms with van der Waals surface area (Å²) in [4.78, 5) is 4.22. The maximum atomic E-state index is 4.22. The van der Waals surface area contributed by atoms with Crippen molar-refractivity contribution >= 4 is 33.0 Å². The van der Waals surface area contributed by atoms with Crippen LogP contribution in [0.4, 0.5) is 5.69 Å². The summed E-state index contributed by atoms with van der Waals surface area (Å²) in [5.74, 6) is 0. The highest BCUT2D eigenvalue weighted by Gasteiger charge is 1.98. The minimum atomic E-state index is 0.777. The molecule has 2 rings (SSSR count). The van der Waals surface area contributed by atoms with Gasteiger partial charge in [0.15, 0.2) is 0 Å². The Morgan fingerprint density at radius 2 is 2.33 bits per heavy atom. The van der Waals surface area contributed by atoms with Gasteiger partial charge in [-0.1, -0.05) is 22.0 Å². The predicted octanol–water partition coefficient (Wildman–Crippen LogP) is 3.83. The second kappa shape index (κ2) is 4.77. The van der Waals surface area contributed by atoms with Gasteiger partial charge in [0.05, 0.1) is 17.7 Å². The minimum absolute atomic E-state index is 0.777. The Bertz CT molecular complexity index is 440. The molecule has 0 aliphatic carbocycles. The molecule has 1 aromatic heterocycles. The molecule has 2 aromatic rings. The Hall–Kier alpha value is -0.870. The third-order valence-corrected chi connectivity index (χ3v) is 3.62. The number of aryl methyl sites for hydroxylation is 1. The Morgan fingerprint density at radius 1 is 1.47 bits per heavy atom. The number of nitrogens with zero attached hydrogens (tertiary/aromatic N) is 1. The summed E-state index contributed by atoms with van der Waals surface area (Å²) in [5, 5.41) is 5.38. The molecule has 0 spiro atoms. The summed E-state index contributed by atoms with van der Waals surface area (Å²) >= 11 is 5.13. The number of anilines is 1. The van der Waals surface area contributed by atoms with Gasteiger partial charge in [0.1, 0.15) is 0 Å². The molecule has 78 valence electrons. The normalized spacial score (nSPS) is 10.3. The van der Waals surface area contributed by atoms with E-state index >= 15 is 0 Å². The lowest BCUT2D eigenvalue weighted by molar-refractivity contribution is 1.07. The molecule has 0 atom stereocenters. The van der Waals surface area contributed by atoms with Crippen LogP contribution in [-0.4, -0.2) is 4.98 Å². The summed E-state index contributed by atoms with van der Waals surface area (Å²) in [6.45, 7) is 2.85. The summed E-state index contributed by atoms with van der Waals surface area (Å²) < 4.78 is 1.13. The number of hydrogen-bond acceptors (Lipinski definition) is 3. The van der Waals surface area contributed by atoms with Crippen LogP contribution in [0.5, 0.6) is 0 Å². The lowest BCUT2D eigenvalue weighted by Crippen LogP contribution is -1.99. The third kappa shape index (κ3) is 2.79. The first-order valence-corrected chi connectivity index (χ1v) is 6.36. The molecule has 0 bridgehead atoms. The van der Waals surface area contributed by atoms with Crippen molar-refractivity contribution < 1.29 is 0 Å². The molecule has 4 heteroatoms. The monoisotopic (exact) mass is 282 g/mol. The Balaban J connectivity index is 2.02. The summed E-state index contributed by atoms with van der Waals surface area (Å²) in [5.41, 5.74) is 5.29. The maximum absolute atomic E-state index is 4.22. The van der Waals surface area contributed by atoms with Crippen LogP contribution in [0.2, 0.25) is 0 Å². The average Bonchev–Trinajstić information content (AvgIpc) is 2.73. The first-order chi connectivity index (χ1) is 7.25. The number of nitrogens with one attached hydrogen (secondary N) is 1. The molecule has 0 unspecified atom stereocenters. The fourth-order valence-electron chi connectivity index (χ4n) is 1.22. The van der Waals surface area contributed by atoms with Gasteiger partial charge in [0, 0.05) is 15.5 Å². The van der Waals surface area contributed by atoms with E-state index in [1.807, 2.05) is 5.51 Å². The van der Waals surface area contributed by atoms with Crippen LogP contribution in [0, 0.1) is 6.92 Å². The zero-order chi connectivity index (χ0) is 10.7. The molecular weight excluding hydrogens is 272 g/mol. The first-order valence-electron chi connectivity index (χ1n) is 4.63. The van der Waals surface area contributed by atoms with Gasteiger partial charge in [-0.3, -0.25) is 0 Å². The number of benzene rings is 1. The Morgan fingerprint density at radius 3 is 3.00 bits per heavy atom. The second-order valence-electron chi connectivity index (χ2n) is 3.30. The minimum Gasteiger partial charge on any atom is -0.379 e. The number of thiazole rings is 1. The maximum Gasteiger partial charge on any atom is 0.0795 e. The van der Waals surface area contributed by atoms with Crippen LogP contribution >= 0.6 is 27.3 Å². The largest absolute Gasteiger partial charge is 0.379 e. The molecule has 15 heavy (non-hydrogen) atoms. The van der Waals surface area contributed by atoms with E-state index in [9.17, 15) is 0 Å². The van der Waals surface area contributed by atoms with E-state index in [2.05, 4.69) is 56.7 Å². The highest BCUT2D eigenvalue weighted by molar-refractivity contribution is 9.10. The van der Waals surface area contributed by atoms with Crippen LogP contribution in [0.15, 0.2) is 33.6 Å². The predicted molar refractivity (Wildman–Crippen MR) is 68.3 cm³/mol. The number of hydrogen-bond donors (Lipinski definition) is 1. The second-order valence-corrected chi connectivity index (χ2v) is 4.87. The van der Waals surface area contributed by atoms with E-state index in [0.29, 0.717) is 0 Å². The van der Waals surface area contributed by atoms with Crippen molar-refractivity contribution in [3.63, 3.8) is 0 Å². The van der Waals surface area contributed by atoms with Crippen LogP contribution in [0.1, 0.15) is 11.3 Å². The third-order valence-electron chi connectivity index (χ3n) is 2.13. The van der Waals surface area contributed by atoms with Crippen molar-refractivity contribution in [2.45, 2.75) is 13.5 Å².